The van der Waals surface area contributed by atoms with Crippen molar-refractivity contribution in [2.75, 3.05) is 11.9 Å². The summed E-state index contributed by atoms with van der Waals surface area (Å²) in [5.74, 6) is -1.28. The van der Waals surface area contributed by atoms with Crippen molar-refractivity contribution in [1.29, 1.82) is 0 Å². The summed E-state index contributed by atoms with van der Waals surface area (Å²) in [6, 6.07) is 5.27. The Morgan fingerprint density at radius 3 is 3.05 bits per heavy atom. The minimum Gasteiger partial charge on any atom is -0.278 e. The lowest BCUT2D eigenvalue weighted by Gasteiger charge is -1.98. The number of hydrogen-bond donors (Lipinski definition) is 2. The van der Waals surface area contributed by atoms with Gasteiger partial charge in [-0.15, -0.1) is 0 Å². The summed E-state index contributed by atoms with van der Waals surface area (Å²) in [4.78, 5) is 8.47. The molecule has 2 N–H and O–H groups in total. The Morgan fingerprint density at radius 1 is 1.29 bits per heavy atom. The summed E-state index contributed by atoms with van der Waals surface area (Å²) in [5.41, 5.74) is 0.843. The maximum Gasteiger partial charge on any atom is 0.288 e. The van der Waals surface area contributed by atoms with Gasteiger partial charge in [-0.1, -0.05) is 23.1 Å². The van der Waals surface area contributed by atoms with Gasteiger partial charge in [0.25, 0.3) is 10.9 Å². The Hall–Kier alpha value is -1.21. The third kappa shape index (κ3) is 3.91. The maximum absolute atomic E-state index is 12.4. The fourth-order valence-corrected chi connectivity index (χ4v) is 3.85. The van der Waals surface area contributed by atoms with Crippen LogP contribution in [0.25, 0.3) is 10.2 Å². The molecular weight excluding hydrogens is 312 g/mol. The molecular formula is C14H16F2N3S2+. The third-order valence-corrected chi connectivity index (χ3v) is 4.92. The Balaban J connectivity index is 1.78. The Morgan fingerprint density at radius 2 is 2.19 bits per heavy atom. The van der Waals surface area contributed by atoms with Crippen molar-refractivity contribution >= 4 is 44.3 Å². The van der Waals surface area contributed by atoms with Crippen molar-refractivity contribution in [1.82, 2.24) is 4.98 Å². The average molecular weight is 328 g/mol. The van der Waals surface area contributed by atoms with Crippen LogP contribution in [-0.2, 0) is 0 Å². The van der Waals surface area contributed by atoms with E-state index in [9.17, 15) is 8.78 Å². The van der Waals surface area contributed by atoms with Gasteiger partial charge in [0, 0.05) is 11.3 Å². The van der Waals surface area contributed by atoms with Crippen LogP contribution in [0.2, 0.25) is 0 Å². The summed E-state index contributed by atoms with van der Waals surface area (Å²) in [7, 11) is 0. The second-order valence-corrected chi connectivity index (χ2v) is 6.96. The molecule has 1 aliphatic rings. The van der Waals surface area contributed by atoms with Gasteiger partial charge in [-0.05, 0) is 37.5 Å². The molecule has 0 saturated carbocycles. The maximum atomic E-state index is 12.4. The number of alkyl halides is 2. The monoisotopic (exact) mass is 328 g/mol. The van der Waals surface area contributed by atoms with Gasteiger partial charge in [0.2, 0.25) is 5.84 Å². The molecule has 0 unspecified atom stereocenters. The molecule has 0 atom stereocenters. The van der Waals surface area contributed by atoms with Gasteiger partial charge in [-0.3, -0.25) is 4.99 Å². The number of amidine groups is 1. The number of anilines is 1. The lowest BCUT2D eigenvalue weighted by atomic mass is 10.2. The second-order valence-electron chi connectivity index (χ2n) is 4.87. The number of thioether (sulfide) groups is 1. The minimum atomic E-state index is -2.39. The van der Waals surface area contributed by atoms with E-state index in [1.54, 1.807) is 18.2 Å². The van der Waals surface area contributed by atoms with Gasteiger partial charge < -0.3 is 0 Å². The zero-order chi connectivity index (χ0) is 14.7. The van der Waals surface area contributed by atoms with E-state index in [1.165, 1.54) is 30.6 Å². The van der Waals surface area contributed by atoms with E-state index in [-0.39, 0.29) is 0 Å². The Kier molecular flexibility index (Phi) is 4.70. The standard InChI is InChI=1S/C14H15F2N3S2/c15-13(16)20-9-5-6-10-11(8-9)21-14(18-10)19-12-4-2-1-3-7-17-12/h5-6,8,13H,1-4,7H2,(H,17,18,19)/p+1. The first-order valence-electron chi connectivity index (χ1n) is 6.93. The number of fused-ring (bicyclic) bond motifs is 1. The van der Waals surface area contributed by atoms with Crippen LogP contribution in [0.15, 0.2) is 23.1 Å². The van der Waals surface area contributed by atoms with Crippen molar-refractivity contribution in [3.63, 3.8) is 0 Å². The number of aromatic nitrogens is 1. The summed E-state index contributed by atoms with van der Waals surface area (Å²) in [6.07, 6.45) is 4.61. The topological polar surface area (TPSA) is 38.9 Å². The molecule has 0 fully saturated rings. The van der Waals surface area contributed by atoms with E-state index in [1.807, 2.05) is 0 Å². The van der Waals surface area contributed by atoms with Gasteiger partial charge >= 0.3 is 0 Å². The van der Waals surface area contributed by atoms with Crippen LogP contribution in [0, 0.1) is 0 Å². The number of nitrogens with one attached hydrogen (secondary N) is 2. The number of halogens is 2. The molecule has 1 aromatic heterocycles. The molecule has 0 spiro atoms. The molecule has 1 aromatic carbocycles. The van der Waals surface area contributed by atoms with Gasteiger partial charge in [0.15, 0.2) is 0 Å². The highest BCUT2D eigenvalue weighted by Gasteiger charge is 2.15. The molecule has 21 heavy (non-hydrogen) atoms. The highest BCUT2D eigenvalue weighted by molar-refractivity contribution is 7.99. The van der Waals surface area contributed by atoms with Crippen molar-refractivity contribution < 1.29 is 13.8 Å². The smallest absolute Gasteiger partial charge is 0.278 e. The SMILES string of the molecule is FC(F)Sc1ccc2nc(NC3=[NH+]CCCCC3)sc2c1. The van der Waals surface area contributed by atoms with Crippen molar-refractivity contribution in [2.45, 2.75) is 36.3 Å². The highest BCUT2D eigenvalue weighted by Crippen LogP contribution is 2.32. The van der Waals surface area contributed by atoms with Crippen LogP contribution in [0.3, 0.4) is 0 Å². The zero-order valence-corrected chi connectivity index (χ0v) is 13.0. The first-order chi connectivity index (χ1) is 10.2. The average Bonchev–Trinajstić information content (AvgIpc) is 2.65. The highest BCUT2D eigenvalue weighted by atomic mass is 32.2. The fourth-order valence-electron chi connectivity index (χ4n) is 2.30. The van der Waals surface area contributed by atoms with Gasteiger partial charge in [0.05, 0.1) is 16.8 Å². The number of benzene rings is 1. The third-order valence-electron chi connectivity index (χ3n) is 3.28. The zero-order valence-electron chi connectivity index (χ0n) is 11.4. The molecule has 0 radical (unpaired) electrons. The van der Waals surface area contributed by atoms with Gasteiger partial charge in [-0.25, -0.2) is 5.32 Å². The lowest BCUT2D eigenvalue weighted by Crippen LogP contribution is -2.74. The number of hydrogen-bond acceptors (Lipinski definition) is 4. The van der Waals surface area contributed by atoms with E-state index in [2.05, 4.69) is 15.3 Å². The van der Waals surface area contributed by atoms with Crippen molar-refractivity contribution in [3.8, 4) is 0 Å². The Labute approximate surface area is 129 Å². The molecule has 0 saturated heterocycles. The minimum absolute atomic E-state index is 0.569. The van der Waals surface area contributed by atoms with E-state index in [4.69, 9.17) is 0 Å². The lowest BCUT2D eigenvalue weighted by molar-refractivity contribution is -0.457. The predicted molar refractivity (Wildman–Crippen MR) is 84.4 cm³/mol. The van der Waals surface area contributed by atoms with E-state index >= 15 is 0 Å². The van der Waals surface area contributed by atoms with Crippen LogP contribution in [0.5, 0.6) is 0 Å². The number of rotatable bonds is 3. The molecule has 3 nitrogen and oxygen atoms in total. The first-order valence-corrected chi connectivity index (χ1v) is 8.62. The van der Waals surface area contributed by atoms with Crippen LogP contribution in [-0.4, -0.2) is 23.1 Å². The molecule has 2 aromatic rings. The molecule has 1 aliphatic heterocycles. The van der Waals surface area contributed by atoms with Gasteiger partial charge in [0.1, 0.15) is 0 Å². The first kappa shape index (κ1) is 14.7. The van der Waals surface area contributed by atoms with Crippen LogP contribution < -0.4 is 10.3 Å². The van der Waals surface area contributed by atoms with Crippen molar-refractivity contribution in [3.05, 3.63) is 18.2 Å². The molecule has 0 bridgehead atoms. The largest absolute Gasteiger partial charge is 0.288 e. The fraction of sp³-hybridized carbons (Fsp3) is 0.429. The van der Waals surface area contributed by atoms with E-state index in [0.29, 0.717) is 16.7 Å². The summed E-state index contributed by atoms with van der Waals surface area (Å²) < 4.78 is 25.7. The normalized spacial score (nSPS) is 16.0. The number of thiazole rings is 1. The van der Waals surface area contributed by atoms with Crippen LogP contribution in [0.1, 0.15) is 25.7 Å². The van der Waals surface area contributed by atoms with Crippen LogP contribution >= 0.6 is 23.1 Å². The summed E-state index contributed by atoms with van der Waals surface area (Å²) in [5, 5.41) is 4.14. The van der Waals surface area contributed by atoms with E-state index in [0.717, 1.165) is 34.1 Å². The molecule has 0 aliphatic carbocycles. The van der Waals surface area contributed by atoms with Crippen molar-refractivity contribution in [2.24, 2.45) is 0 Å². The molecule has 3 rings (SSSR count). The quantitative estimate of drug-likeness (QED) is 0.851. The summed E-state index contributed by atoms with van der Waals surface area (Å²) in [6.45, 7) is 0.988. The molecule has 7 heteroatoms. The van der Waals surface area contributed by atoms with E-state index < -0.39 is 5.76 Å². The Bertz CT molecular complexity index is 655. The van der Waals surface area contributed by atoms with Gasteiger partial charge in [-0.2, -0.15) is 13.8 Å². The predicted octanol–water partition coefficient (Wildman–Crippen LogP) is 3.08. The molecule has 2 heterocycles. The van der Waals surface area contributed by atoms with Crippen LogP contribution in [0.4, 0.5) is 13.9 Å². The number of nitrogens with zero attached hydrogens (tertiary/aromatic N) is 1. The molecule has 0 amide bonds. The molecule has 112 valence electrons. The summed E-state index contributed by atoms with van der Waals surface area (Å²) >= 11 is 2.07. The second kappa shape index (κ2) is 6.70.